The van der Waals surface area contributed by atoms with Gasteiger partial charge in [0.25, 0.3) is 0 Å². The first-order valence-corrected chi connectivity index (χ1v) is 11.6. The molecule has 4 rings (SSSR count). The Kier molecular flexibility index (Phi) is 9.17. The second-order valence-corrected chi connectivity index (χ2v) is 8.82. The third kappa shape index (κ3) is 6.91. The van der Waals surface area contributed by atoms with E-state index >= 15 is 0 Å². The normalized spacial score (nSPS) is 19.0. The summed E-state index contributed by atoms with van der Waals surface area (Å²) in [5.74, 6) is 2.00. The first-order chi connectivity index (χ1) is 13.9. The maximum absolute atomic E-state index is 5.45. The second-order valence-electron chi connectivity index (χ2n) is 7.90. The smallest absolute Gasteiger partial charge is 0.191 e. The monoisotopic (exact) mass is 528 g/mol. The van der Waals surface area contributed by atoms with Crippen LogP contribution in [0.5, 0.6) is 0 Å². The Labute approximate surface area is 195 Å². The van der Waals surface area contributed by atoms with Gasteiger partial charge in [0.2, 0.25) is 0 Å². The molecule has 0 aromatic carbocycles. The zero-order chi connectivity index (χ0) is 19.0. The van der Waals surface area contributed by atoms with Gasteiger partial charge in [-0.3, -0.25) is 4.99 Å². The molecule has 7 heteroatoms. The van der Waals surface area contributed by atoms with E-state index in [1.807, 2.05) is 23.5 Å². The molecule has 1 saturated carbocycles. The molecule has 0 radical (unpaired) electrons. The molecule has 2 aromatic heterocycles. The number of halogens is 1. The number of anilines is 1. The van der Waals surface area contributed by atoms with Gasteiger partial charge in [-0.05, 0) is 55.3 Å². The third-order valence-electron chi connectivity index (χ3n) is 5.81. The minimum atomic E-state index is 0. The Morgan fingerprint density at radius 2 is 1.79 bits per heavy atom. The lowest BCUT2D eigenvalue weighted by Crippen LogP contribution is -2.51. The molecule has 2 aromatic rings. The number of thiophene rings is 1. The summed E-state index contributed by atoms with van der Waals surface area (Å²) in [4.78, 5) is 7.38. The number of furan rings is 1. The van der Waals surface area contributed by atoms with Gasteiger partial charge in [-0.1, -0.05) is 19.3 Å². The fraction of sp³-hybridized carbons (Fsp3) is 0.591. The molecule has 0 amide bonds. The number of hydrogen-bond donors (Lipinski definition) is 2. The van der Waals surface area contributed by atoms with Crippen LogP contribution in [0.15, 0.2) is 45.3 Å². The largest absolute Gasteiger partial charge is 0.469 e. The number of nitrogens with zero attached hydrogens (tertiary/aromatic N) is 2. The number of rotatable bonds is 6. The Morgan fingerprint density at radius 3 is 2.45 bits per heavy atom. The zero-order valence-electron chi connectivity index (χ0n) is 17.0. The van der Waals surface area contributed by atoms with E-state index in [1.165, 1.54) is 37.1 Å². The lowest BCUT2D eigenvalue weighted by Gasteiger charge is -2.34. The number of guanidine groups is 1. The summed E-state index contributed by atoms with van der Waals surface area (Å²) in [5.41, 5.74) is 0. The van der Waals surface area contributed by atoms with Crippen LogP contribution in [0.4, 0.5) is 5.00 Å². The minimum Gasteiger partial charge on any atom is -0.469 e. The van der Waals surface area contributed by atoms with Gasteiger partial charge >= 0.3 is 0 Å². The molecule has 5 nitrogen and oxygen atoms in total. The summed E-state index contributed by atoms with van der Waals surface area (Å²) in [7, 11) is 0. The second kappa shape index (κ2) is 11.8. The standard InChI is InChI=1S/C22H32N4OS.HI/c1-2-6-18(7-3-1)24-22(23-13-10-20-8-4-16-27-20)25-19-11-14-26(15-12-19)21-9-5-17-28-21;/h4-5,8-9,16-19H,1-3,6-7,10-15H2,(H2,23,24,25);1H. The van der Waals surface area contributed by atoms with Gasteiger partial charge in [0.05, 0.1) is 11.3 Å². The van der Waals surface area contributed by atoms with Crippen LogP contribution >= 0.6 is 35.3 Å². The van der Waals surface area contributed by atoms with Crippen molar-refractivity contribution in [2.75, 3.05) is 24.5 Å². The Hall–Kier alpha value is -1.22. The van der Waals surface area contributed by atoms with Crippen LogP contribution in [0.1, 0.15) is 50.7 Å². The summed E-state index contributed by atoms with van der Waals surface area (Å²) in [6, 6.07) is 9.40. The van der Waals surface area contributed by atoms with Gasteiger partial charge in [0.15, 0.2) is 5.96 Å². The fourth-order valence-electron chi connectivity index (χ4n) is 4.19. The maximum atomic E-state index is 5.45. The molecule has 2 N–H and O–H groups in total. The Morgan fingerprint density at radius 1 is 1.03 bits per heavy atom. The van der Waals surface area contributed by atoms with Crippen molar-refractivity contribution in [3.8, 4) is 0 Å². The van der Waals surface area contributed by atoms with Crippen molar-refractivity contribution in [3.05, 3.63) is 41.7 Å². The van der Waals surface area contributed by atoms with Gasteiger partial charge in [-0.2, -0.15) is 0 Å². The molecule has 0 unspecified atom stereocenters. The summed E-state index contributed by atoms with van der Waals surface area (Å²) in [5, 5.41) is 11.0. The van der Waals surface area contributed by atoms with E-state index in [0.717, 1.165) is 50.6 Å². The van der Waals surface area contributed by atoms with Crippen molar-refractivity contribution >= 4 is 46.3 Å². The summed E-state index contributed by atoms with van der Waals surface area (Å²) in [6.07, 6.45) is 11.4. The molecule has 1 aliphatic heterocycles. The van der Waals surface area contributed by atoms with Crippen LogP contribution < -0.4 is 15.5 Å². The van der Waals surface area contributed by atoms with Crippen molar-refractivity contribution < 1.29 is 4.42 Å². The molecule has 0 spiro atoms. The summed E-state index contributed by atoms with van der Waals surface area (Å²) < 4.78 is 5.45. The first-order valence-electron chi connectivity index (χ1n) is 10.8. The predicted molar refractivity (Wildman–Crippen MR) is 133 cm³/mol. The van der Waals surface area contributed by atoms with Gasteiger partial charge in [0.1, 0.15) is 5.76 Å². The van der Waals surface area contributed by atoms with Crippen LogP contribution in [0.2, 0.25) is 0 Å². The Balaban J connectivity index is 0.00000240. The van der Waals surface area contributed by atoms with Gasteiger partial charge in [-0.15, -0.1) is 35.3 Å². The highest BCUT2D eigenvalue weighted by Crippen LogP contribution is 2.25. The van der Waals surface area contributed by atoms with Crippen molar-refractivity contribution in [2.45, 2.75) is 63.5 Å². The van der Waals surface area contributed by atoms with Crippen molar-refractivity contribution in [2.24, 2.45) is 4.99 Å². The number of nitrogens with one attached hydrogen (secondary N) is 2. The molecular weight excluding hydrogens is 495 g/mol. The van der Waals surface area contributed by atoms with Crippen LogP contribution in [0, 0.1) is 0 Å². The molecule has 2 fully saturated rings. The van der Waals surface area contributed by atoms with Gasteiger partial charge in [-0.25, -0.2) is 0 Å². The van der Waals surface area contributed by atoms with E-state index in [-0.39, 0.29) is 24.0 Å². The molecule has 160 valence electrons. The highest BCUT2D eigenvalue weighted by atomic mass is 127. The molecule has 3 heterocycles. The number of piperidine rings is 1. The molecule has 1 saturated heterocycles. The molecule has 29 heavy (non-hydrogen) atoms. The molecule has 1 aliphatic carbocycles. The molecule has 0 atom stereocenters. The van der Waals surface area contributed by atoms with E-state index in [1.54, 1.807) is 6.26 Å². The number of aliphatic imine (C=N–C) groups is 1. The van der Waals surface area contributed by atoms with E-state index in [9.17, 15) is 0 Å². The third-order valence-corrected chi connectivity index (χ3v) is 6.74. The van der Waals surface area contributed by atoms with Crippen LogP contribution in [0.25, 0.3) is 0 Å². The molecule has 2 aliphatic rings. The van der Waals surface area contributed by atoms with Crippen molar-refractivity contribution in [3.63, 3.8) is 0 Å². The predicted octanol–water partition coefficient (Wildman–Crippen LogP) is 5.04. The average Bonchev–Trinajstić information content (AvgIpc) is 3.44. The lowest BCUT2D eigenvalue weighted by atomic mass is 9.95. The van der Waals surface area contributed by atoms with E-state index in [4.69, 9.17) is 9.41 Å². The maximum Gasteiger partial charge on any atom is 0.191 e. The minimum absolute atomic E-state index is 0. The molecular formula is C22H33IN4OS. The van der Waals surface area contributed by atoms with Gasteiger partial charge in [0, 0.05) is 38.1 Å². The summed E-state index contributed by atoms with van der Waals surface area (Å²) >= 11 is 1.84. The van der Waals surface area contributed by atoms with Crippen LogP contribution in [-0.2, 0) is 6.42 Å². The van der Waals surface area contributed by atoms with Crippen LogP contribution in [-0.4, -0.2) is 37.7 Å². The number of hydrogen-bond acceptors (Lipinski definition) is 4. The van der Waals surface area contributed by atoms with E-state index in [0.29, 0.717) is 12.1 Å². The van der Waals surface area contributed by atoms with Gasteiger partial charge < -0.3 is 20.0 Å². The van der Waals surface area contributed by atoms with Crippen molar-refractivity contribution in [1.82, 2.24) is 10.6 Å². The topological polar surface area (TPSA) is 52.8 Å². The summed E-state index contributed by atoms with van der Waals surface area (Å²) in [6.45, 7) is 2.98. The fourth-order valence-corrected chi connectivity index (χ4v) is 4.98. The highest BCUT2D eigenvalue weighted by molar-refractivity contribution is 14.0. The Bertz CT molecular complexity index is 705. The molecule has 0 bridgehead atoms. The van der Waals surface area contributed by atoms with Crippen LogP contribution in [0.3, 0.4) is 0 Å². The average molecular weight is 529 g/mol. The van der Waals surface area contributed by atoms with E-state index < -0.39 is 0 Å². The van der Waals surface area contributed by atoms with Crippen molar-refractivity contribution in [1.29, 1.82) is 0 Å². The quantitative estimate of drug-likeness (QED) is 0.314. The zero-order valence-corrected chi connectivity index (χ0v) is 20.2. The first kappa shape index (κ1) is 22.5. The highest BCUT2D eigenvalue weighted by Gasteiger charge is 2.22. The van der Waals surface area contributed by atoms with E-state index in [2.05, 4.69) is 33.0 Å². The SMILES string of the molecule is I.c1coc(CCN=C(NC2CCCCC2)NC2CCN(c3cccs3)CC2)c1. The lowest BCUT2D eigenvalue weighted by molar-refractivity contribution is 0.401.